The van der Waals surface area contributed by atoms with Gasteiger partial charge in [0.25, 0.3) is 5.56 Å². The molecule has 280 valence electrons. The van der Waals surface area contributed by atoms with Gasteiger partial charge in [-0.2, -0.15) is 13.2 Å². The predicted molar refractivity (Wildman–Crippen MR) is 191 cm³/mol. The van der Waals surface area contributed by atoms with E-state index in [0.29, 0.717) is 34.5 Å². The monoisotopic (exact) mass is 735 g/mol. The lowest BCUT2D eigenvalue weighted by Gasteiger charge is -2.34. The normalized spacial score (nSPS) is 15.3. The van der Waals surface area contributed by atoms with E-state index in [1.165, 1.54) is 9.47 Å². The number of alkyl carbamates (subject to hydrolysis) is 1. The lowest BCUT2D eigenvalue weighted by atomic mass is 9.92. The first-order valence-electron chi connectivity index (χ1n) is 17.2. The number of carbonyl (C=O) groups excluding carboxylic acids is 2. The maximum absolute atomic E-state index is 14.7. The Morgan fingerprint density at radius 1 is 1.06 bits per heavy atom. The molecule has 10 nitrogen and oxygen atoms in total. The number of alkyl halides is 3. The average Bonchev–Trinajstić information content (AvgIpc) is 3.09. The number of benzene rings is 2. The summed E-state index contributed by atoms with van der Waals surface area (Å²) in [5.41, 5.74) is -1.20. The molecule has 2 aromatic heterocycles. The van der Waals surface area contributed by atoms with Gasteiger partial charge in [-0.3, -0.25) is 19.1 Å². The molecule has 2 heterocycles. The zero-order chi connectivity index (χ0) is 38.3. The van der Waals surface area contributed by atoms with Crippen molar-refractivity contribution in [2.75, 3.05) is 13.2 Å². The van der Waals surface area contributed by atoms with Gasteiger partial charge in [0, 0.05) is 31.9 Å². The molecule has 0 saturated heterocycles. The SMILES string of the molecule is CCOc1ccc(-n2c([C@@H](CCNC(=O)OC(C)(C)C)N(Cc3cccnc3)C(=O)CC3C=C(F)C(C(F)(F)F)=CC3)nc3ccccc3c2=O)cc1. The van der Waals surface area contributed by atoms with Crippen molar-refractivity contribution in [2.45, 2.75) is 71.3 Å². The van der Waals surface area contributed by atoms with Crippen LogP contribution in [0.4, 0.5) is 22.4 Å². The van der Waals surface area contributed by atoms with Crippen LogP contribution in [-0.2, 0) is 16.1 Å². The molecular weight excluding hydrogens is 694 g/mol. The summed E-state index contributed by atoms with van der Waals surface area (Å²) in [6.07, 6.45) is -1.42. The third-order valence-electron chi connectivity index (χ3n) is 8.37. The molecule has 4 aromatic rings. The first-order chi connectivity index (χ1) is 25.1. The zero-order valence-corrected chi connectivity index (χ0v) is 29.8. The van der Waals surface area contributed by atoms with Crippen molar-refractivity contribution in [3.63, 3.8) is 0 Å². The first-order valence-corrected chi connectivity index (χ1v) is 17.2. The highest BCUT2D eigenvalue weighted by molar-refractivity contribution is 5.79. The second kappa shape index (κ2) is 16.4. The van der Waals surface area contributed by atoms with E-state index in [9.17, 15) is 31.9 Å². The van der Waals surface area contributed by atoms with Crippen molar-refractivity contribution < 1.29 is 36.6 Å². The highest BCUT2D eigenvalue weighted by Crippen LogP contribution is 2.38. The van der Waals surface area contributed by atoms with Crippen LogP contribution < -0.4 is 15.6 Å². The van der Waals surface area contributed by atoms with Gasteiger partial charge in [-0.05, 0) is 101 Å². The maximum Gasteiger partial charge on any atom is 0.418 e. The number of amides is 2. The summed E-state index contributed by atoms with van der Waals surface area (Å²) in [6, 6.07) is 16.0. The van der Waals surface area contributed by atoms with Crippen molar-refractivity contribution in [3.05, 3.63) is 118 Å². The third-order valence-corrected chi connectivity index (χ3v) is 8.37. The number of carbonyl (C=O) groups is 2. The number of nitrogens with zero attached hydrogens (tertiary/aromatic N) is 4. The van der Waals surface area contributed by atoms with Gasteiger partial charge in [-0.15, -0.1) is 0 Å². The summed E-state index contributed by atoms with van der Waals surface area (Å²) in [6.45, 7) is 7.33. The molecule has 1 aliphatic carbocycles. The Hall–Kier alpha value is -5.53. The first kappa shape index (κ1) is 38.7. The number of allylic oxidation sites excluding steroid dienone is 4. The van der Waals surface area contributed by atoms with Crippen molar-refractivity contribution >= 4 is 22.9 Å². The number of ether oxygens (including phenoxy) is 2. The van der Waals surface area contributed by atoms with Gasteiger partial charge < -0.3 is 19.7 Å². The number of rotatable bonds is 12. The van der Waals surface area contributed by atoms with Crippen LogP contribution in [-0.4, -0.2) is 56.4 Å². The molecule has 1 N–H and O–H groups in total. The van der Waals surface area contributed by atoms with Crippen LogP contribution in [0.15, 0.2) is 101 Å². The van der Waals surface area contributed by atoms with E-state index in [0.717, 1.165) is 12.2 Å². The molecule has 0 radical (unpaired) electrons. The van der Waals surface area contributed by atoms with E-state index in [1.54, 1.807) is 93.8 Å². The second-order valence-corrected chi connectivity index (χ2v) is 13.5. The van der Waals surface area contributed by atoms with E-state index in [2.05, 4.69) is 10.3 Å². The van der Waals surface area contributed by atoms with Gasteiger partial charge in [0.2, 0.25) is 5.91 Å². The molecule has 5 rings (SSSR count). The summed E-state index contributed by atoms with van der Waals surface area (Å²) in [5, 5.41) is 3.03. The Labute approximate surface area is 304 Å². The lowest BCUT2D eigenvalue weighted by molar-refractivity contribution is -0.135. The molecule has 0 fully saturated rings. The number of halogens is 4. The average molecular weight is 736 g/mol. The number of nitrogens with one attached hydrogen (secondary N) is 1. The van der Waals surface area contributed by atoms with Crippen LogP contribution in [0, 0.1) is 5.92 Å². The highest BCUT2D eigenvalue weighted by Gasteiger charge is 2.39. The van der Waals surface area contributed by atoms with Crippen LogP contribution in [0.1, 0.15) is 64.4 Å². The number of aromatic nitrogens is 3. The summed E-state index contributed by atoms with van der Waals surface area (Å²) in [4.78, 5) is 52.1. The minimum absolute atomic E-state index is 0.0278. The number of hydrogen-bond acceptors (Lipinski definition) is 7. The Morgan fingerprint density at radius 2 is 1.79 bits per heavy atom. The quantitative estimate of drug-likeness (QED) is 0.147. The molecule has 1 aliphatic rings. The number of fused-ring (bicyclic) bond motifs is 1. The smallest absolute Gasteiger partial charge is 0.418 e. The van der Waals surface area contributed by atoms with Gasteiger partial charge in [0.05, 0.1) is 34.8 Å². The molecule has 0 bridgehead atoms. The fraction of sp³-hybridized carbons (Fsp3) is 0.359. The topological polar surface area (TPSA) is 116 Å². The van der Waals surface area contributed by atoms with E-state index >= 15 is 0 Å². The fourth-order valence-electron chi connectivity index (χ4n) is 6.06. The second-order valence-electron chi connectivity index (χ2n) is 13.5. The minimum Gasteiger partial charge on any atom is -0.494 e. The summed E-state index contributed by atoms with van der Waals surface area (Å²) in [7, 11) is 0. The van der Waals surface area contributed by atoms with Gasteiger partial charge in [0.1, 0.15) is 23.0 Å². The van der Waals surface area contributed by atoms with Crippen LogP contribution in [0.2, 0.25) is 0 Å². The van der Waals surface area contributed by atoms with Crippen LogP contribution >= 0.6 is 0 Å². The summed E-state index contributed by atoms with van der Waals surface area (Å²) in [5.74, 6) is -2.15. The molecule has 0 saturated carbocycles. The van der Waals surface area contributed by atoms with Gasteiger partial charge in [-0.1, -0.05) is 24.3 Å². The summed E-state index contributed by atoms with van der Waals surface area (Å²) < 4.78 is 67.3. The Bertz CT molecular complexity index is 2040. The van der Waals surface area contributed by atoms with Gasteiger partial charge >= 0.3 is 12.3 Å². The van der Waals surface area contributed by atoms with Crippen LogP contribution in [0.25, 0.3) is 16.6 Å². The van der Waals surface area contributed by atoms with Crippen molar-refractivity contribution in [1.82, 2.24) is 24.8 Å². The fourth-order valence-corrected chi connectivity index (χ4v) is 6.06. The largest absolute Gasteiger partial charge is 0.494 e. The van der Waals surface area contributed by atoms with E-state index in [4.69, 9.17) is 14.5 Å². The lowest BCUT2D eigenvalue weighted by Crippen LogP contribution is -2.41. The molecule has 2 amide bonds. The third kappa shape index (κ3) is 9.87. The van der Waals surface area contributed by atoms with Crippen molar-refractivity contribution in [2.24, 2.45) is 5.92 Å². The van der Waals surface area contributed by atoms with Gasteiger partial charge in [0.15, 0.2) is 0 Å². The zero-order valence-electron chi connectivity index (χ0n) is 29.8. The number of hydrogen-bond donors (Lipinski definition) is 1. The Balaban J connectivity index is 1.64. The molecule has 0 spiro atoms. The minimum atomic E-state index is -4.87. The van der Waals surface area contributed by atoms with Crippen molar-refractivity contribution in [3.8, 4) is 11.4 Å². The van der Waals surface area contributed by atoms with E-state index in [1.807, 2.05) is 6.92 Å². The molecule has 2 aromatic carbocycles. The molecule has 14 heteroatoms. The summed E-state index contributed by atoms with van der Waals surface area (Å²) >= 11 is 0. The molecule has 0 aliphatic heterocycles. The predicted octanol–water partition coefficient (Wildman–Crippen LogP) is 7.92. The van der Waals surface area contributed by atoms with Crippen molar-refractivity contribution in [1.29, 1.82) is 0 Å². The Kier molecular flexibility index (Phi) is 12.0. The molecule has 1 unspecified atom stereocenters. The molecule has 2 atom stereocenters. The number of pyridine rings is 1. The number of para-hydroxylation sites is 1. The van der Waals surface area contributed by atoms with Crippen LogP contribution in [0.3, 0.4) is 0 Å². The van der Waals surface area contributed by atoms with Gasteiger partial charge in [-0.25, -0.2) is 14.2 Å². The van der Waals surface area contributed by atoms with E-state index < -0.39 is 52.7 Å². The standard InChI is InChI=1S/C39H41F4N5O5/c1-5-52-28-15-13-27(14-16-28)48-35(46-32-11-7-6-10-29(32)36(48)50)33(18-20-45-37(51)53-38(2,3)4)47(24-26-9-8-19-44-23-26)34(49)22-25-12-17-30(31(40)21-25)39(41,42)43/h6-11,13-17,19,21,23,25,33H,5,12,18,20,22,24H2,1-4H3,(H,45,51)/t25?,33-/m1/s1. The van der Waals surface area contributed by atoms with Crippen LogP contribution in [0.5, 0.6) is 5.75 Å². The van der Waals surface area contributed by atoms with E-state index in [-0.39, 0.29) is 38.2 Å². The maximum atomic E-state index is 14.7. The molecule has 53 heavy (non-hydrogen) atoms. The highest BCUT2D eigenvalue weighted by atomic mass is 19.4. The molecular formula is C39H41F4N5O5. The Morgan fingerprint density at radius 3 is 2.43 bits per heavy atom.